The van der Waals surface area contributed by atoms with Gasteiger partial charge < -0.3 is 17.2 Å². The summed E-state index contributed by atoms with van der Waals surface area (Å²) in [6.45, 7) is 0. The Morgan fingerprint density at radius 2 is 1.72 bits per heavy atom. The van der Waals surface area contributed by atoms with Crippen molar-refractivity contribution in [3.8, 4) is 0 Å². The quantitative estimate of drug-likeness (QED) is 0.425. The fourth-order valence-corrected chi connectivity index (χ4v) is 1.08. The second kappa shape index (κ2) is 4.94. The molecule has 1 rings (SSSR count). The summed E-state index contributed by atoms with van der Waals surface area (Å²) < 4.78 is 50.1. The van der Waals surface area contributed by atoms with Crippen LogP contribution in [0.2, 0.25) is 0 Å². The molecule has 18 heavy (non-hydrogen) atoms. The van der Waals surface area contributed by atoms with Crippen molar-refractivity contribution in [2.45, 2.75) is 6.18 Å². The van der Waals surface area contributed by atoms with Gasteiger partial charge in [-0.1, -0.05) is 0 Å². The van der Waals surface area contributed by atoms with Gasteiger partial charge >= 0.3 is 6.18 Å². The maximum Gasteiger partial charge on any atom is 0.433 e. The minimum absolute atomic E-state index is 0.0711. The predicted octanol–water partition coefficient (Wildman–Crippen LogP) is 1.30. The lowest BCUT2D eigenvalue weighted by Gasteiger charge is -2.08. The van der Waals surface area contributed by atoms with Crippen molar-refractivity contribution in [3.05, 3.63) is 47.3 Å². The van der Waals surface area contributed by atoms with Crippen LogP contribution in [0.3, 0.4) is 0 Å². The molecule has 4 nitrogen and oxygen atoms in total. The van der Waals surface area contributed by atoms with Crippen LogP contribution in [0.5, 0.6) is 0 Å². The Hall–Kier alpha value is -2.25. The molecule has 0 saturated heterocycles. The smallest absolute Gasteiger partial charge is 0.398 e. The molecule has 0 atom stereocenters. The number of hydrogen-bond acceptors (Lipinski definition) is 4. The van der Waals surface area contributed by atoms with E-state index in [4.69, 9.17) is 17.2 Å². The van der Waals surface area contributed by atoms with Gasteiger partial charge in [-0.3, -0.25) is 0 Å². The molecule has 0 amide bonds. The first-order chi connectivity index (χ1) is 8.21. The van der Waals surface area contributed by atoms with E-state index in [0.717, 1.165) is 6.07 Å². The minimum atomic E-state index is -4.71. The van der Waals surface area contributed by atoms with Crippen molar-refractivity contribution >= 4 is 5.70 Å². The first kappa shape index (κ1) is 13.8. The first-order valence-corrected chi connectivity index (χ1v) is 4.64. The molecule has 1 heterocycles. The lowest BCUT2D eigenvalue weighted by molar-refractivity contribution is -0.141. The third-order valence-corrected chi connectivity index (χ3v) is 1.91. The molecule has 0 radical (unpaired) electrons. The molecular weight excluding hydrogens is 252 g/mol. The van der Waals surface area contributed by atoms with E-state index in [1.165, 1.54) is 12.2 Å². The summed E-state index contributed by atoms with van der Waals surface area (Å²) in [7, 11) is 0. The summed E-state index contributed by atoms with van der Waals surface area (Å²) in [5, 5.41) is 0. The average Bonchev–Trinajstić information content (AvgIpc) is 2.24. The van der Waals surface area contributed by atoms with E-state index in [-0.39, 0.29) is 17.1 Å². The van der Waals surface area contributed by atoms with E-state index in [1.54, 1.807) is 0 Å². The molecule has 0 saturated carbocycles. The number of aromatic nitrogens is 1. The molecule has 0 aliphatic carbocycles. The zero-order valence-electron chi connectivity index (χ0n) is 9.00. The molecule has 0 aliphatic heterocycles. The first-order valence-electron chi connectivity index (χ1n) is 4.64. The van der Waals surface area contributed by atoms with Crippen molar-refractivity contribution in [3.63, 3.8) is 0 Å². The van der Waals surface area contributed by atoms with E-state index in [2.05, 4.69) is 4.98 Å². The van der Waals surface area contributed by atoms with Gasteiger partial charge in [0.1, 0.15) is 5.69 Å². The topological polar surface area (TPSA) is 91.0 Å². The molecule has 0 aliphatic rings. The van der Waals surface area contributed by atoms with Gasteiger partial charge in [-0.05, 0) is 24.3 Å². The summed E-state index contributed by atoms with van der Waals surface area (Å²) in [5.41, 5.74) is 14.0. The predicted molar refractivity (Wildman–Crippen MR) is 57.8 cm³/mol. The third kappa shape index (κ3) is 3.37. The lowest BCUT2D eigenvalue weighted by Crippen LogP contribution is -2.11. The Labute approximate surface area is 99.8 Å². The summed E-state index contributed by atoms with van der Waals surface area (Å²) >= 11 is 0. The van der Waals surface area contributed by atoms with Crippen LogP contribution in [0.1, 0.15) is 11.3 Å². The van der Waals surface area contributed by atoms with Crippen molar-refractivity contribution < 1.29 is 17.6 Å². The van der Waals surface area contributed by atoms with Gasteiger partial charge in [0.2, 0.25) is 5.95 Å². The van der Waals surface area contributed by atoms with Gasteiger partial charge in [0.25, 0.3) is 0 Å². The van der Waals surface area contributed by atoms with E-state index in [9.17, 15) is 17.6 Å². The van der Waals surface area contributed by atoms with E-state index in [1.807, 2.05) is 0 Å². The van der Waals surface area contributed by atoms with Crippen LogP contribution in [0.4, 0.5) is 17.6 Å². The summed E-state index contributed by atoms with van der Waals surface area (Å²) in [5.74, 6) is -1.39. The van der Waals surface area contributed by atoms with Gasteiger partial charge in [-0.15, -0.1) is 0 Å². The van der Waals surface area contributed by atoms with E-state index >= 15 is 0 Å². The van der Waals surface area contributed by atoms with Crippen molar-refractivity contribution in [2.75, 3.05) is 0 Å². The van der Waals surface area contributed by atoms with Crippen LogP contribution in [0.25, 0.3) is 5.70 Å². The molecule has 0 unspecified atom stereocenters. The SMILES string of the molecule is NC(N)=C/C=C(\N)c1ccc(C(F)(F)F)nc1F. The largest absolute Gasteiger partial charge is 0.433 e. The molecular formula is C10H10F4N4. The number of pyridine rings is 1. The maximum atomic E-state index is 13.3. The van der Waals surface area contributed by atoms with Gasteiger partial charge in [-0.2, -0.15) is 17.6 Å². The van der Waals surface area contributed by atoms with Crippen LogP contribution >= 0.6 is 0 Å². The van der Waals surface area contributed by atoms with Crippen LogP contribution in [-0.4, -0.2) is 4.98 Å². The van der Waals surface area contributed by atoms with Gasteiger partial charge in [-0.25, -0.2) is 4.98 Å². The van der Waals surface area contributed by atoms with Crippen LogP contribution in [0.15, 0.2) is 30.1 Å². The minimum Gasteiger partial charge on any atom is -0.398 e. The van der Waals surface area contributed by atoms with Crippen molar-refractivity contribution in [1.82, 2.24) is 4.98 Å². The Morgan fingerprint density at radius 1 is 1.11 bits per heavy atom. The molecule has 1 aromatic heterocycles. The standard InChI is InChI=1S/C10H10F4N4/c11-9-5(6(15)2-4-8(16)17)1-3-7(18-9)10(12,13)14/h1-4H,15-17H2/b6-2-. The summed E-state index contributed by atoms with van der Waals surface area (Å²) in [6.07, 6.45) is -2.35. The Morgan fingerprint density at radius 3 is 2.17 bits per heavy atom. The highest BCUT2D eigenvalue weighted by atomic mass is 19.4. The molecule has 0 aromatic carbocycles. The van der Waals surface area contributed by atoms with Gasteiger partial charge in [0.15, 0.2) is 0 Å². The Kier molecular flexibility index (Phi) is 3.79. The van der Waals surface area contributed by atoms with Crippen LogP contribution in [0, 0.1) is 5.95 Å². The molecule has 0 fully saturated rings. The zero-order valence-corrected chi connectivity index (χ0v) is 9.00. The number of alkyl halides is 3. The number of nitrogens with zero attached hydrogens (tertiary/aromatic N) is 1. The number of nitrogens with two attached hydrogens (primary N) is 3. The summed E-state index contributed by atoms with van der Waals surface area (Å²) in [6, 6.07) is 1.52. The number of hydrogen-bond donors (Lipinski definition) is 3. The second-order valence-electron chi connectivity index (χ2n) is 3.32. The highest BCUT2D eigenvalue weighted by Crippen LogP contribution is 2.28. The highest BCUT2D eigenvalue weighted by molar-refractivity contribution is 5.64. The normalized spacial score (nSPS) is 12.3. The van der Waals surface area contributed by atoms with Crippen LogP contribution in [-0.2, 0) is 6.18 Å². The van der Waals surface area contributed by atoms with Gasteiger partial charge in [0.05, 0.1) is 11.4 Å². The lowest BCUT2D eigenvalue weighted by atomic mass is 10.2. The summed E-state index contributed by atoms with van der Waals surface area (Å²) in [4.78, 5) is 2.80. The molecule has 6 N–H and O–H groups in total. The molecule has 0 bridgehead atoms. The Bertz CT molecular complexity index is 501. The van der Waals surface area contributed by atoms with Crippen molar-refractivity contribution in [1.29, 1.82) is 0 Å². The molecule has 1 aromatic rings. The highest BCUT2D eigenvalue weighted by Gasteiger charge is 2.33. The van der Waals surface area contributed by atoms with E-state index < -0.39 is 17.8 Å². The Balaban J connectivity index is 3.14. The second-order valence-corrected chi connectivity index (χ2v) is 3.32. The number of halogens is 4. The molecule has 8 heteroatoms. The monoisotopic (exact) mass is 262 g/mol. The van der Waals surface area contributed by atoms with Gasteiger partial charge in [0, 0.05) is 5.70 Å². The average molecular weight is 262 g/mol. The third-order valence-electron chi connectivity index (χ3n) is 1.91. The molecule has 98 valence electrons. The van der Waals surface area contributed by atoms with E-state index in [0.29, 0.717) is 6.07 Å². The number of rotatable bonds is 2. The van der Waals surface area contributed by atoms with Crippen LogP contribution < -0.4 is 17.2 Å². The number of allylic oxidation sites excluding steroid dienone is 2. The molecule has 0 spiro atoms. The maximum absolute atomic E-state index is 13.3. The fraction of sp³-hybridized carbons (Fsp3) is 0.100. The zero-order chi connectivity index (χ0) is 13.9. The fourth-order valence-electron chi connectivity index (χ4n) is 1.08. The van der Waals surface area contributed by atoms with Crippen molar-refractivity contribution in [2.24, 2.45) is 17.2 Å².